The molecule has 0 saturated heterocycles. The Morgan fingerprint density at radius 2 is 1.81 bits per heavy atom. The lowest BCUT2D eigenvalue weighted by Crippen LogP contribution is -2.37. The van der Waals surface area contributed by atoms with Gasteiger partial charge in [-0.05, 0) is 47.4 Å². The molecular formula is C25H27Cl2N5O5. The molecule has 0 aliphatic carbocycles. The van der Waals surface area contributed by atoms with Crippen LogP contribution in [0.2, 0.25) is 10.0 Å². The maximum atomic E-state index is 13.1. The van der Waals surface area contributed by atoms with Crippen LogP contribution in [0.1, 0.15) is 42.1 Å². The van der Waals surface area contributed by atoms with Crippen LogP contribution in [0.5, 0.6) is 5.75 Å². The molecule has 0 unspecified atom stereocenters. The normalized spacial score (nSPS) is 11.6. The largest absolute Gasteiger partial charge is 0.497 e. The van der Waals surface area contributed by atoms with Gasteiger partial charge in [0.15, 0.2) is 5.84 Å². The molecule has 37 heavy (non-hydrogen) atoms. The van der Waals surface area contributed by atoms with Gasteiger partial charge in [0.2, 0.25) is 0 Å². The number of nitrogens with zero attached hydrogens (tertiary/aromatic N) is 4. The average molecular weight is 548 g/mol. The van der Waals surface area contributed by atoms with Crippen molar-refractivity contribution in [3.05, 3.63) is 85.2 Å². The molecule has 3 rings (SSSR count). The summed E-state index contributed by atoms with van der Waals surface area (Å²) in [5.74, 6) is 0.358. The van der Waals surface area contributed by atoms with Crippen molar-refractivity contribution in [2.24, 2.45) is 10.9 Å². The molecule has 0 bridgehead atoms. The first-order valence-electron chi connectivity index (χ1n) is 11.2. The van der Waals surface area contributed by atoms with Crippen LogP contribution in [0.25, 0.3) is 0 Å². The van der Waals surface area contributed by atoms with Gasteiger partial charge >= 0.3 is 6.09 Å². The van der Waals surface area contributed by atoms with E-state index in [9.17, 15) is 14.7 Å². The van der Waals surface area contributed by atoms with Gasteiger partial charge in [0.1, 0.15) is 5.75 Å². The van der Waals surface area contributed by atoms with Gasteiger partial charge in [-0.1, -0.05) is 54.3 Å². The van der Waals surface area contributed by atoms with Gasteiger partial charge in [-0.25, -0.2) is 9.48 Å². The van der Waals surface area contributed by atoms with E-state index in [4.69, 9.17) is 38.9 Å². The van der Waals surface area contributed by atoms with Crippen molar-refractivity contribution in [1.82, 2.24) is 9.78 Å². The van der Waals surface area contributed by atoms with E-state index >= 15 is 0 Å². The van der Waals surface area contributed by atoms with E-state index in [-0.39, 0.29) is 52.6 Å². The zero-order valence-electron chi connectivity index (χ0n) is 20.5. The third-order valence-electron chi connectivity index (χ3n) is 5.64. The Bertz CT molecular complexity index is 1350. The summed E-state index contributed by atoms with van der Waals surface area (Å²) in [6.45, 7) is 3.73. The summed E-state index contributed by atoms with van der Waals surface area (Å²) in [7, 11) is 1.58. The highest BCUT2D eigenvalue weighted by atomic mass is 35.5. The molecule has 3 aromatic rings. The lowest BCUT2D eigenvalue weighted by atomic mass is 10.0. The molecule has 1 aromatic heterocycles. The summed E-state index contributed by atoms with van der Waals surface area (Å²) in [4.78, 5) is 25.7. The number of rotatable bonds is 9. The Morgan fingerprint density at radius 3 is 2.32 bits per heavy atom. The molecule has 2 aromatic carbocycles. The molecule has 10 nitrogen and oxygen atoms in total. The fourth-order valence-corrected chi connectivity index (χ4v) is 4.30. The monoisotopic (exact) mass is 547 g/mol. The predicted octanol–water partition coefficient (Wildman–Crippen LogP) is 4.55. The van der Waals surface area contributed by atoms with Gasteiger partial charge in [0.25, 0.3) is 5.56 Å². The van der Waals surface area contributed by atoms with Crippen LogP contribution in [0.4, 0.5) is 10.5 Å². The molecule has 0 spiro atoms. The number of oxime groups is 1. The first kappa shape index (κ1) is 27.8. The summed E-state index contributed by atoms with van der Waals surface area (Å²) in [5.41, 5.74) is 7.99. The minimum Gasteiger partial charge on any atom is -0.497 e. The Labute approximate surface area is 223 Å². The summed E-state index contributed by atoms with van der Waals surface area (Å²) < 4.78 is 6.60. The molecule has 0 aliphatic heterocycles. The SMILES string of the molecule is COc1ccc(Cn2nc(Cc3c(Cl)cc(N(C/C(N)=N\O)C(=O)O)cc3Cl)cc(C(C)C)c2=O)cc1. The number of benzene rings is 2. The van der Waals surface area contributed by atoms with Gasteiger partial charge in [-0.3, -0.25) is 9.69 Å². The number of ether oxygens (including phenoxy) is 1. The second-order valence-corrected chi connectivity index (χ2v) is 9.40. The number of carbonyl (C=O) groups is 1. The molecule has 0 atom stereocenters. The number of hydrogen-bond donors (Lipinski definition) is 3. The lowest BCUT2D eigenvalue weighted by Gasteiger charge is -2.20. The first-order valence-corrected chi connectivity index (χ1v) is 12.0. The average Bonchev–Trinajstić information content (AvgIpc) is 2.86. The second-order valence-electron chi connectivity index (χ2n) is 8.58. The molecule has 196 valence electrons. The van der Waals surface area contributed by atoms with Crippen molar-refractivity contribution in [3.8, 4) is 5.75 Å². The molecular weight excluding hydrogens is 521 g/mol. The van der Waals surface area contributed by atoms with E-state index in [2.05, 4.69) is 10.3 Å². The van der Waals surface area contributed by atoms with Gasteiger partial charge in [0.05, 0.1) is 31.6 Å². The summed E-state index contributed by atoms with van der Waals surface area (Å²) in [6.07, 6.45) is -1.13. The first-order chi connectivity index (χ1) is 17.5. The number of carboxylic acid groups (broad SMARTS) is 1. The maximum Gasteiger partial charge on any atom is 0.412 e. The lowest BCUT2D eigenvalue weighted by molar-refractivity contribution is 0.202. The number of nitrogens with two attached hydrogens (primary N) is 1. The van der Waals surface area contributed by atoms with Crippen molar-refractivity contribution < 1.29 is 19.8 Å². The van der Waals surface area contributed by atoms with Gasteiger partial charge in [-0.2, -0.15) is 5.10 Å². The second kappa shape index (κ2) is 12.0. The Kier molecular flexibility index (Phi) is 9.01. The Hall–Kier alpha value is -3.76. The molecule has 4 N–H and O–H groups in total. The van der Waals surface area contributed by atoms with Gasteiger partial charge < -0.3 is 20.8 Å². The number of methoxy groups -OCH3 is 1. The predicted molar refractivity (Wildman–Crippen MR) is 143 cm³/mol. The van der Waals surface area contributed by atoms with Crippen LogP contribution in [-0.4, -0.2) is 45.7 Å². The Balaban J connectivity index is 1.99. The van der Waals surface area contributed by atoms with Crippen LogP contribution in [0.15, 0.2) is 52.4 Å². The van der Waals surface area contributed by atoms with Gasteiger partial charge in [0, 0.05) is 22.0 Å². The highest BCUT2D eigenvalue weighted by molar-refractivity contribution is 6.36. The van der Waals surface area contributed by atoms with Crippen molar-refractivity contribution in [3.63, 3.8) is 0 Å². The van der Waals surface area contributed by atoms with E-state index < -0.39 is 6.09 Å². The maximum absolute atomic E-state index is 13.1. The third-order valence-corrected chi connectivity index (χ3v) is 6.32. The minimum atomic E-state index is -1.33. The van der Waals surface area contributed by atoms with Crippen LogP contribution in [0, 0.1) is 0 Å². The highest BCUT2D eigenvalue weighted by Crippen LogP contribution is 2.32. The highest BCUT2D eigenvalue weighted by Gasteiger charge is 2.21. The molecule has 1 heterocycles. The summed E-state index contributed by atoms with van der Waals surface area (Å²) in [5, 5.41) is 26.1. The van der Waals surface area contributed by atoms with E-state index in [1.807, 2.05) is 38.1 Å². The topological polar surface area (TPSA) is 143 Å². The van der Waals surface area contributed by atoms with Gasteiger partial charge in [-0.15, -0.1) is 0 Å². The number of hydrogen-bond acceptors (Lipinski definition) is 6. The molecule has 12 heteroatoms. The quantitative estimate of drug-likeness (QED) is 0.154. The molecule has 1 amide bonds. The molecule has 0 fully saturated rings. The zero-order valence-corrected chi connectivity index (χ0v) is 22.0. The van der Waals surface area contributed by atoms with E-state index in [0.29, 0.717) is 22.6 Å². The molecule has 0 aliphatic rings. The molecule has 0 saturated carbocycles. The van der Waals surface area contributed by atoms with E-state index in [1.165, 1.54) is 16.8 Å². The number of halogens is 2. The smallest absolute Gasteiger partial charge is 0.412 e. The van der Waals surface area contributed by atoms with Crippen molar-refractivity contribution >= 4 is 40.8 Å². The van der Waals surface area contributed by atoms with Crippen molar-refractivity contribution in [1.29, 1.82) is 0 Å². The third kappa shape index (κ3) is 6.72. The van der Waals surface area contributed by atoms with E-state index in [0.717, 1.165) is 10.5 Å². The standard InChI is InChI=1S/C25H27Cl2N5O5/c1-14(2)19-8-16(29-32(24(19)33)12-15-4-6-18(37-3)7-5-15)9-20-21(26)10-17(11-22(20)27)31(25(34)35)13-23(28)30-36/h4-8,10-11,14,36H,9,12-13H2,1-3H3,(H2,28,30)(H,34,35). The number of anilines is 1. The fourth-order valence-electron chi connectivity index (χ4n) is 3.69. The van der Waals surface area contributed by atoms with Crippen LogP contribution in [-0.2, 0) is 13.0 Å². The fraction of sp³-hybridized carbons (Fsp3) is 0.280. The Morgan fingerprint density at radius 1 is 1.19 bits per heavy atom. The van der Waals surface area contributed by atoms with Crippen LogP contribution >= 0.6 is 23.2 Å². The number of aromatic nitrogens is 2. The molecule has 0 radical (unpaired) electrons. The number of amides is 1. The van der Waals surface area contributed by atoms with Crippen LogP contribution < -0.4 is 20.9 Å². The summed E-state index contributed by atoms with van der Waals surface area (Å²) in [6, 6.07) is 12.0. The zero-order chi connectivity index (χ0) is 27.3. The minimum absolute atomic E-state index is 0.0486. The van der Waals surface area contributed by atoms with Crippen LogP contribution in [0.3, 0.4) is 0 Å². The van der Waals surface area contributed by atoms with Crippen molar-refractivity contribution in [2.45, 2.75) is 32.7 Å². The van der Waals surface area contributed by atoms with Crippen molar-refractivity contribution in [2.75, 3.05) is 18.6 Å². The number of amidine groups is 1. The van der Waals surface area contributed by atoms with E-state index in [1.54, 1.807) is 13.2 Å². The summed E-state index contributed by atoms with van der Waals surface area (Å²) >= 11 is 13.0.